The van der Waals surface area contributed by atoms with Crippen LogP contribution in [-0.4, -0.2) is 106 Å². The molecule has 3 aliphatic rings. The van der Waals surface area contributed by atoms with Crippen LogP contribution in [0.4, 0.5) is 14.9 Å². The first-order valence-electron chi connectivity index (χ1n) is 20.3. The topological polar surface area (TPSA) is 155 Å². The number of nitrogens with one attached hydrogen (secondary N) is 2. The van der Waals surface area contributed by atoms with E-state index in [2.05, 4.69) is 10.6 Å². The molecule has 3 fully saturated rings. The predicted molar refractivity (Wildman–Crippen MR) is 208 cm³/mol. The average Bonchev–Trinajstić information content (AvgIpc) is 3.82. The maximum absolute atomic E-state index is 14.3. The van der Waals surface area contributed by atoms with Crippen molar-refractivity contribution < 1.29 is 51.7 Å². The van der Waals surface area contributed by atoms with Crippen LogP contribution < -0.4 is 10.6 Å². The number of ether oxygens (including phenoxy) is 5. The summed E-state index contributed by atoms with van der Waals surface area (Å²) in [5.74, 6) is -0.950. The third kappa shape index (κ3) is 11.7. The number of amides is 3. The second-order valence-corrected chi connectivity index (χ2v) is 16.7. The van der Waals surface area contributed by atoms with Crippen LogP contribution in [0, 0.1) is 23.7 Å². The van der Waals surface area contributed by atoms with Gasteiger partial charge in [-0.05, 0) is 128 Å². The highest BCUT2D eigenvalue weighted by Crippen LogP contribution is 2.42. The minimum absolute atomic E-state index is 0.00477. The normalized spacial score (nSPS) is 25.4. The number of rotatable bonds is 16. The van der Waals surface area contributed by atoms with Crippen LogP contribution in [0.2, 0.25) is 0 Å². The van der Waals surface area contributed by atoms with E-state index >= 15 is 0 Å². The molecule has 1 unspecified atom stereocenters. The van der Waals surface area contributed by atoms with E-state index in [9.17, 15) is 23.6 Å². The number of alkyl halides is 1. The average molecular weight is 788 g/mol. The number of hydrogen-bond donors (Lipinski definition) is 2. The van der Waals surface area contributed by atoms with E-state index in [0.717, 1.165) is 32.1 Å². The Bertz CT molecular complexity index is 1610. The number of furan rings is 1. The molecule has 14 heteroatoms. The lowest BCUT2D eigenvalue weighted by Gasteiger charge is -2.38. The highest BCUT2D eigenvalue weighted by molar-refractivity contribution is 6.00. The van der Waals surface area contributed by atoms with Gasteiger partial charge in [-0.2, -0.15) is 0 Å². The summed E-state index contributed by atoms with van der Waals surface area (Å²) in [7, 11) is 3.36. The van der Waals surface area contributed by atoms with Gasteiger partial charge in [0.05, 0.1) is 31.5 Å². The zero-order valence-corrected chi connectivity index (χ0v) is 33.9. The predicted octanol–water partition coefficient (Wildman–Crippen LogP) is 7.06. The van der Waals surface area contributed by atoms with Crippen molar-refractivity contribution in [3.63, 3.8) is 0 Å². The summed E-state index contributed by atoms with van der Waals surface area (Å²) < 4.78 is 46.9. The molecule has 3 amide bonds. The minimum Gasteiger partial charge on any atom is -0.460 e. The quantitative estimate of drug-likeness (QED) is 0.134. The first kappa shape index (κ1) is 43.4. The summed E-state index contributed by atoms with van der Waals surface area (Å²) in [4.78, 5) is 55.5. The summed E-state index contributed by atoms with van der Waals surface area (Å²) in [6, 6.07) is 5.45. The Labute approximate surface area is 330 Å². The van der Waals surface area contributed by atoms with Gasteiger partial charge in [0.25, 0.3) is 0 Å². The zero-order chi connectivity index (χ0) is 40.4. The number of hydrogen-bond acceptors (Lipinski definition) is 10. The molecule has 1 aliphatic heterocycles. The van der Waals surface area contributed by atoms with E-state index < -0.39 is 36.4 Å². The molecule has 1 aromatic carbocycles. The van der Waals surface area contributed by atoms with Crippen LogP contribution in [0.25, 0.3) is 11.0 Å². The summed E-state index contributed by atoms with van der Waals surface area (Å²) in [5.41, 5.74) is 0.311. The molecular formula is C42H62FN3O10. The number of carbonyl (C=O) groups is 4. The van der Waals surface area contributed by atoms with E-state index in [4.69, 9.17) is 28.1 Å². The van der Waals surface area contributed by atoms with Crippen LogP contribution in [0.5, 0.6) is 0 Å². The standard InChI is InChI=1S/C42H62FN3O10/c1-26(51-5)25-53-20-7-21-54-40(49)36-23-30-22-31(14-17-35(30)55-36)44-38(47)37-33(27-12-15-32(52-6)16-13-27)18-19-46(37)39(48)29-10-8-28(9-11-29)34(24-43)45-41(50)56-42(2,3)4/h14,17,22-23,26-29,32-34,37H,7-13,15-16,18-21,24-25H2,1-6H3,(H,44,47)(H,45,50)/t26?,27-,28-,29-,32-,33-,34+,37-/m0/s1. The number of halogens is 1. The van der Waals surface area contributed by atoms with Crippen molar-refractivity contribution in [3.05, 3.63) is 30.0 Å². The number of fused-ring (bicyclic) bond motifs is 1. The van der Waals surface area contributed by atoms with Crippen molar-refractivity contribution in [2.75, 3.05) is 52.6 Å². The smallest absolute Gasteiger partial charge is 0.407 e. The van der Waals surface area contributed by atoms with Crippen LogP contribution in [0.1, 0.15) is 102 Å². The molecule has 0 bridgehead atoms. The molecule has 0 radical (unpaired) electrons. The molecule has 2 N–H and O–H groups in total. The second-order valence-electron chi connectivity index (χ2n) is 16.7. The third-order valence-corrected chi connectivity index (χ3v) is 11.6. The molecule has 13 nitrogen and oxygen atoms in total. The lowest BCUT2D eigenvalue weighted by molar-refractivity contribution is -0.142. The third-order valence-electron chi connectivity index (χ3n) is 11.6. The zero-order valence-electron chi connectivity index (χ0n) is 33.9. The lowest BCUT2D eigenvalue weighted by Crippen LogP contribution is -2.50. The summed E-state index contributed by atoms with van der Waals surface area (Å²) in [5, 5.41) is 6.41. The number of nitrogens with zero attached hydrogens (tertiary/aromatic N) is 1. The van der Waals surface area contributed by atoms with Gasteiger partial charge >= 0.3 is 12.1 Å². The van der Waals surface area contributed by atoms with Crippen molar-refractivity contribution in [1.29, 1.82) is 0 Å². The first-order valence-corrected chi connectivity index (χ1v) is 20.3. The number of anilines is 1. The fourth-order valence-electron chi connectivity index (χ4n) is 8.54. The molecule has 5 rings (SSSR count). The largest absolute Gasteiger partial charge is 0.460 e. The van der Waals surface area contributed by atoms with Crippen LogP contribution in [0.3, 0.4) is 0 Å². The van der Waals surface area contributed by atoms with Crippen molar-refractivity contribution in [3.8, 4) is 0 Å². The monoisotopic (exact) mass is 787 g/mol. The number of likely N-dealkylation sites (tertiary alicyclic amines) is 1. The molecule has 2 saturated carbocycles. The summed E-state index contributed by atoms with van der Waals surface area (Å²) in [6.07, 6.45) is 6.76. The van der Waals surface area contributed by atoms with Gasteiger partial charge in [0.15, 0.2) is 0 Å². The maximum Gasteiger partial charge on any atom is 0.407 e. The molecule has 2 aliphatic carbocycles. The number of alkyl carbamates (subject to hydrolysis) is 1. The Hall–Kier alpha value is -3.75. The molecular weight excluding hydrogens is 725 g/mol. The van der Waals surface area contributed by atoms with Gasteiger partial charge in [0.1, 0.15) is 23.9 Å². The molecule has 1 saturated heterocycles. The summed E-state index contributed by atoms with van der Waals surface area (Å²) in [6.45, 7) is 8.02. The van der Waals surface area contributed by atoms with Crippen molar-refractivity contribution >= 4 is 40.5 Å². The molecule has 312 valence electrons. The fraction of sp³-hybridized carbons (Fsp3) is 0.714. The van der Waals surface area contributed by atoms with E-state index in [1.807, 2.05) is 6.92 Å². The highest BCUT2D eigenvalue weighted by Gasteiger charge is 2.47. The second kappa shape index (κ2) is 20.1. The van der Waals surface area contributed by atoms with Gasteiger partial charge in [-0.3, -0.25) is 9.59 Å². The summed E-state index contributed by atoms with van der Waals surface area (Å²) >= 11 is 0. The minimum atomic E-state index is -0.717. The van der Waals surface area contributed by atoms with Gasteiger partial charge in [-0.15, -0.1) is 0 Å². The molecule has 56 heavy (non-hydrogen) atoms. The van der Waals surface area contributed by atoms with Gasteiger partial charge in [-0.1, -0.05) is 0 Å². The van der Waals surface area contributed by atoms with Crippen LogP contribution in [-0.2, 0) is 33.3 Å². The van der Waals surface area contributed by atoms with Crippen molar-refractivity contribution in [1.82, 2.24) is 10.2 Å². The maximum atomic E-state index is 14.3. The fourth-order valence-corrected chi connectivity index (χ4v) is 8.54. The van der Waals surface area contributed by atoms with Crippen LogP contribution in [0.15, 0.2) is 28.7 Å². The van der Waals surface area contributed by atoms with E-state index in [-0.39, 0.29) is 60.1 Å². The van der Waals surface area contributed by atoms with Crippen molar-refractivity contribution in [2.24, 2.45) is 23.7 Å². The lowest BCUT2D eigenvalue weighted by atomic mass is 9.75. The molecule has 0 spiro atoms. The van der Waals surface area contributed by atoms with Gasteiger partial charge < -0.3 is 43.6 Å². The number of methoxy groups -OCH3 is 2. The first-order chi connectivity index (χ1) is 26.8. The molecule has 4 atom stereocenters. The number of benzene rings is 1. The van der Waals surface area contributed by atoms with Gasteiger partial charge in [-0.25, -0.2) is 14.0 Å². The van der Waals surface area contributed by atoms with E-state index in [1.54, 1.807) is 64.2 Å². The highest BCUT2D eigenvalue weighted by atomic mass is 19.1. The molecule has 2 heterocycles. The Morgan fingerprint density at radius 1 is 0.964 bits per heavy atom. The Morgan fingerprint density at radius 3 is 2.36 bits per heavy atom. The SMILES string of the molecule is COC(C)COCCCOC(=O)c1cc2cc(NC(=O)[C@@H]3[C@H]([C@H]4CC[C@H](OC)CC4)CCN3C(=O)[C@H]3CC[C@H]([C@@H](CF)NC(=O)OC(C)(C)C)CC3)ccc2o1. The number of carbonyl (C=O) groups excluding carboxylic acids is 4. The van der Waals surface area contributed by atoms with Crippen molar-refractivity contribution in [2.45, 2.75) is 122 Å². The van der Waals surface area contributed by atoms with Gasteiger partial charge in [0.2, 0.25) is 17.6 Å². The van der Waals surface area contributed by atoms with E-state index in [1.165, 1.54) is 0 Å². The Kier molecular flexibility index (Phi) is 15.6. The van der Waals surface area contributed by atoms with Crippen LogP contribution >= 0.6 is 0 Å². The molecule has 1 aromatic heterocycles. The Morgan fingerprint density at radius 2 is 1.70 bits per heavy atom. The number of esters is 1. The van der Waals surface area contributed by atoms with Gasteiger partial charge in [0, 0.05) is 50.8 Å². The Balaban J connectivity index is 1.23. The molecule has 2 aromatic rings. The van der Waals surface area contributed by atoms with E-state index in [0.29, 0.717) is 68.5 Å².